The largest absolute Gasteiger partial charge is 0.361 e. The normalized spacial score (nSPS) is 19.9. The van der Waals surface area contributed by atoms with Crippen molar-refractivity contribution in [2.24, 2.45) is 13.0 Å². The van der Waals surface area contributed by atoms with Gasteiger partial charge in [0.2, 0.25) is 5.91 Å². The summed E-state index contributed by atoms with van der Waals surface area (Å²) >= 11 is 6.10. The predicted molar refractivity (Wildman–Crippen MR) is 102 cm³/mol. The molecule has 26 heavy (non-hydrogen) atoms. The minimum Gasteiger partial charge on any atom is -0.361 e. The summed E-state index contributed by atoms with van der Waals surface area (Å²) in [5.41, 5.74) is 3.34. The Balaban J connectivity index is 1.38. The van der Waals surface area contributed by atoms with Crippen LogP contribution < -0.4 is 10.6 Å². The molecule has 3 N–H and O–H groups in total. The van der Waals surface area contributed by atoms with Gasteiger partial charge in [0.1, 0.15) is 0 Å². The standard InChI is InChI=1S/C19H22ClN5O/c1-25-11-13(8-24-25)16-9-21-10-17(16)19(26)22-5-4-12-7-23-18-3-2-14(20)6-15(12)18/h2-3,6-8,11,16-17,21,23H,4-5,9-10H2,1H3,(H,22,26)/t16-,17+/m1/s1. The summed E-state index contributed by atoms with van der Waals surface area (Å²) in [6, 6.07) is 5.81. The van der Waals surface area contributed by atoms with Crippen molar-refractivity contribution in [1.29, 1.82) is 0 Å². The second-order valence-corrected chi connectivity index (χ2v) is 7.30. The van der Waals surface area contributed by atoms with Crippen LogP contribution >= 0.6 is 11.6 Å². The van der Waals surface area contributed by atoms with E-state index in [0.29, 0.717) is 13.1 Å². The van der Waals surface area contributed by atoms with Gasteiger partial charge in [-0.15, -0.1) is 0 Å². The third-order valence-corrected chi connectivity index (χ3v) is 5.36. The van der Waals surface area contributed by atoms with Crippen LogP contribution in [0.4, 0.5) is 0 Å². The molecule has 1 aliphatic rings. The minimum atomic E-state index is -0.0587. The van der Waals surface area contributed by atoms with E-state index in [2.05, 4.69) is 20.7 Å². The summed E-state index contributed by atoms with van der Waals surface area (Å²) in [6.45, 7) is 2.12. The Kier molecular flexibility index (Phi) is 4.70. The van der Waals surface area contributed by atoms with Gasteiger partial charge < -0.3 is 15.6 Å². The number of hydrogen-bond donors (Lipinski definition) is 3. The van der Waals surface area contributed by atoms with Gasteiger partial charge in [0, 0.05) is 60.9 Å². The lowest BCUT2D eigenvalue weighted by Gasteiger charge is -2.17. The molecule has 2 atom stereocenters. The third-order valence-electron chi connectivity index (χ3n) is 5.13. The first-order valence-electron chi connectivity index (χ1n) is 8.84. The van der Waals surface area contributed by atoms with Gasteiger partial charge in [-0.05, 0) is 35.7 Å². The van der Waals surface area contributed by atoms with Crippen molar-refractivity contribution in [1.82, 2.24) is 25.4 Å². The van der Waals surface area contributed by atoms with Crippen LogP contribution in [0.5, 0.6) is 0 Å². The molecule has 3 aromatic rings. The smallest absolute Gasteiger partial charge is 0.225 e. The first-order chi connectivity index (χ1) is 12.6. The second kappa shape index (κ2) is 7.13. The Bertz CT molecular complexity index is 931. The molecule has 2 aromatic heterocycles. The Labute approximate surface area is 156 Å². The predicted octanol–water partition coefficient (Wildman–Crippen LogP) is 2.22. The number of benzene rings is 1. The van der Waals surface area contributed by atoms with Gasteiger partial charge >= 0.3 is 0 Å². The fourth-order valence-electron chi connectivity index (χ4n) is 3.74. The first-order valence-corrected chi connectivity index (χ1v) is 9.22. The molecule has 0 saturated carbocycles. The van der Waals surface area contributed by atoms with E-state index in [9.17, 15) is 4.79 Å². The summed E-state index contributed by atoms with van der Waals surface area (Å²) in [5.74, 6) is 0.217. The molecule has 7 heteroatoms. The topological polar surface area (TPSA) is 74.7 Å². The van der Waals surface area contributed by atoms with E-state index < -0.39 is 0 Å². The van der Waals surface area contributed by atoms with Gasteiger partial charge in [-0.2, -0.15) is 5.10 Å². The van der Waals surface area contributed by atoms with Crippen molar-refractivity contribution in [2.75, 3.05) is 19.6 Å². The molecule has 3 heterocycles. The number of nitrogens with one attached hydrogen (secondary N) is 3. The Morgan fingerprint density at radius 3 is 3.12 bits per heavy atom. The number of amides is 1. The number of halogens is 1. The summed E-state index contributed by atoms with van der Waals surface area (Å²) in [6.07, 6.45) is 6.60. The highest BCUT2D eigenvalue weighted by atomic mass is 35.5. The maximum atomic E-state index is 12.7. The molecule has 0 radical (unpaired) electrons. The Hall–Kier alpha value is -2.31. The molecule has 1 amide bonds. The number of nitrogens with zero attached hydrogens (tertiary/aromatic N) is 2. The fraction of sp³-hybridized carbons (Fsp3) is 0.368. The highest BCUT2D eigenvalue weighted by Gasteiger charge is 2.34. The van der Waals surface area contributed by atoms with Gasteiger partial charge in [-0.25, -0.2) is 0 Å². The van der Waals surface area contributed by atoms with Crippen LogP contribution in [-0.2, 0) is 18.3 Å². The number of hydrogen-bond acceptors (Lipinski definition) is 3. The molecule has 136 valence electrons. The summed E-state index contributed by atoms with van der Waals surface area (Å²) in [7, 11) is 1.90. The molecule has 0 unspecified atom stereocenters. The lowest BCUT2D eigenvalue weighted by atomic mass is 9.90. The number of aromatic amines is 1. The molecule has 1 saturated heterocycles. The SMILES string of the molecule is Cn1cc([C@H]2CNC[C@@H]2C(=O)NCCc2c[nH]c3ccc(Cl)cc23)cn1. The van der Waals surface area contributed by atoms with Gasteiger partial charge in [-0.3, -0.25) is 9.48 Å². The highest BCUT2D eigenvalue weighted by Crippen LogP contribution is 2.28. The van der Waals surface area contributed by atoms with Gasteiger partial charge in [-0.1, -0.05) is 11.6 Å². The van der Waals surface area contributed by atoms with E-state index in [-0.39, 0.29) is 17.7 Å². The van der Waals surface area contributed by atoms with E-state index in [0.717, 1.165) is 40.0 Å². The minimum absolute atomic E-state index is 0.0587. The van der Waals surface area contributed by atoms with Crippen LogP contribution in [0.1, 0.15) is 17.0 Å². The molecule has 0 aliphatic carbocycles. The van der Waals surface area contributed by atoms with Crippen LogP contribution in [0, 0.1) is 5.92 Å². The number of carbonyl (C=O) groups is 1. The molecule has 1 fully saturated rings. The van der Waals surface area contributed by atoms with Gasteiger partial charge in [0.05, 0.1) is 12.1 Å². The van der Waals surface area contributed by atoms with Crippen molar-refractivity contribution in [3.63, 3.8) is 0 Å². The van der Waals surface area contributed by atoms with Crippen LogP contribution in [0.25, 0.3) is 10.9 Å². The molecular formula is C19H22ClN5O. The molecule has 1 aromatic carbocycles. The van der Waals surface area contributed by atoms with Crippen molar-refractivity contribution in [2.45, 2.75) is 12.3 Å². The van der Waals surface area contributed by atoms with E-state index in [1.807, 2.05) is 43.8 Å². The zero-order chi connectivity index (χ0) is 18.1. The monoisotopic (exact) mass is 371 g/mol. The average Bonchev–Trinajstić information content (AvgIpc) is 3.34. The molecule has 0 bridgehead atoms. The van der Waals surface area contributed by atoms with Crippen molar-refractivity contribution >= 4 is 28.4 Å². The molecule has 6 nitrogen and oxygen atoms in total. The van der Waals surface area contributed by atoms with Crippen molar-refractivity contribution in [3.8, 4) is 0 Å². The number of aryl methyl sites for hydroxylation is 1. The summed E-state index contributed by atoms with van der Waals surface area (Å²) < 4.78 is 1.78. The maximum Gasteiger partial charge on any atom is 0.225 e. The molecular weight excluding hydrogens is 350 g/mol. The number of aromatic nitrogens is 3. The number of fused-ring (bicyclic) bond motifs is 1. The number of H-pyrrole nitrogens is 1. The Morgan fingerprint density at radius 2 is 2.31 bits per heavy atom. The number of carbonyl (C=O) groups excluding carboxylic acids is 1. The fourth-order valence-corrected chi connectivity index (χ4v) is 3.92. The van der Waals surface area contributed by atoms with Crippen LogP contribution in [-0.4, -0.2) is 40.3 Å². The quantitative estimate of drug-likeness (QED) is 0.643. The average molecular weight is 372 g/mol. The van der Waals surface area contributed by atoms with Crippen LogP contribution in [0.15, 0.2) is 36.8 Å². The lowest BCUT2D eigenvalue weighted by molar-refractivity contribution is -0.124. The van der Waals surface area contributed by atoms with Crippen LogP contribution in [0.3, 0.4) is 0 Å². The van der Waals surface area contributed by atoms with E-state index >= 15 is 0 Å². The maximum absolute atomic E-state index is 12.7. The zero-order valence-electron chi connectivity index (χ0n) is 14.6. The van der Waals surface area contributed by atoms with E-state index in [1.165, 1.54) is 0 Å². The summed E-state index contributed by atoms with van der Waals surface area (Å²) in [4.78, 5) is 15.9. The first kappa shape index (κ1) is 17.1. The zero-order valence-corrected chi connectivity index (χ0v) is 15.4. The summed E-state index contributed by atoms with van der Waals surface area (Å²) in [5, 5.41) is 12.5. The number of rotatable bonds is 5. The van der Waals surface area contributed by atoms with Crippen molar-refractivity contribution in [3.05, 3.63) is 52.9 Å². The van der Waals surface area contributed by atoms with E-state index in [1.54, 1.807) is 4.68 Å². The molecule has 1 aliphatic heterocycles. The molecule has 0 spiro atoms. The third kappa shape index (κ3) is 3.34. The van der Waals surface area contributed by atoms with E-state index in [4.69, 9.17) is 11.6 Å². The van der Waals surface area contributed by atoms with Crippen molar-refractivity contribution < 1.29 is 4.79 Å². The Morgan fingerprint density at radius 1 is 1.42 bits per heavy atom. The second-order valence-electron chi connectivity index (χ2n) is 6.86. The van der Waals surface area contributed by atoms with Crippen LogP contribution in [0.2, 0.25) is 5.02 Å². The molecule has 4 rings (SSSR count). The van der Waals surface area contributed by atoms with Gasteiger partial charge in [0.25, 0.3) is 0 Å². The van der Waals surface area contributed by atoms with Gasteiger partial charge in [0.15, 0.2) is 0 Å². The lowest BCUT2D eigenvalue weighted by Crippen LogP contribution is -2.35. The highest BCUT2D eigenvalue weighted by molar-refractivity contribution is 6.31.